The van der Waals surface area contributed by atoms with Crippen molar-refractivity contribution in [3.63, 3.8) is 0 Å². The van der Waals surface area contributed by atoms with Gasteiger partial charge in [-0.3, -0.25) is 4.79 Å². The quantitative estimate of drug-likeness (QED) is 0.682. The summed E-state index contributed by atoms with van der Waals surface area (Å²) in [6.45, 7) is 0. The van der Waals surface area contributed by atoms with Crippen LogP contribution in [-0.4, -0.2) is 4.98 Å². The van der Waals surface area contributed by atoms with Crippen LogP contribution in [0.3, 0.4) is 0 Å². The SMILES string of the molecule is O=c1c(I)c[nH]c2ccc(I)cc12. The van der Waals surface area contributed by atoms with E-state index in [1.165, 1.54) is 0 Å². The van der Waals surface area contributed by atoms with E-state index in [9.17, 15) is 4.79 Å². The number of pyridine rings is 1. The monoisotopic (exact) mass is 397 g/mol. The van der Waals surface area contributed by atoms with Crippen LogP contribution in [0, 0.1) is 7.14 Å². The van der Waals surface area contributed by atoms with Crippen LogP contribution in [-0.2, 0) is 0 Å². The average molecular weight is 397 g/mol. The molecule has 1 N–H and O–H groups in total. The highest BCUT2D eigenvalue weighted by Gasteiger charge is 2.01. The lowest BCUT2D eigenvalue weighted by molar-refractivity contribution is 1.36. The van der Waals surface area contributed by atoms with E-state index in [2.05, 4.69) is 27.6 Å². The van der Waals surface area contributed by atoms with Crippen molar-refractivity contribution >= 4 is 56.1 Å². The molecular formula is C9H5I2NO. The summed E-state index contributed by atoms with van der Waals surface area (Å²) in [6.07, 6.45) is 1.73. The van der Waals surface area contributed by atoms with Crippen molar-refractivity contribution in [2.75, 3.05) is 0 Å². The van der Waals surface area contributed by atoms with Gasteiger partial charge in [-0.1, -0.05) is 0 Å². The number of H-pyrrole nitrogens is 1. The third-order valence-corrected chi connectivity index (χ3v) is 3.27. The van der Waals surface area contributed by atoms with Crippen LogP contribution in [0.5, 0.6) is 0 Å². The summed E-state index contributed by atoms with van der Waals surface area (Å²) in [7, 11) is 0. The molecule has 0 aliphatic heterocycles. The Morgan fingerprint density at radius 1 is 1.23 bits per heavy atom. The molecule has 13 heavy (non-hydrogen) atoms. The standard InChI is InChI=1S/C9H5I2NO/c10-5-1-2-8-6(3-5)9(13)7(11)4-12-8/h1-4H,(H,12,13). The number of hydrogen-bond donors (Lipinski definition) is 1. The summed E-state index contributed by atoms with van der Waals surface area (Å²) in [5, 5.41) is 0.763. The predicted octanol–water partition coefficient (Wildman–Crippen LogP) is 2.74. The number of fused-ring (bicyclic) bond motifs is 1. The number of aromatic amines is 1. The second-order valence-corrected chi connectivity index (χ2v) is 5.06. The first-order valence-corrected chi connectivity index (χ1v) is 5.80. The van der Waals surface area contributed by atoms with Crippen molar-refractivity contribution in [3.05, 3.63) is 41.8 Å². The zero-order chi connectivity index (χ0) is 9.42. The molecule has 0 amide bonds. The second kappa shape index (κ2) is 3.56. The summed E-state index contributed by atoms with van der Waals surface area (Å²) >= 11 is 4.24. The first kappa shape index (κ1) is 9.45. The lowest BCUT2D eigenvalue weighted by Crippen LogP contribution is -2.06. The first-order valence-electron chi connectivity index (χ1n) is 3.65. The molecule has 0 fully saturated rings. The Morgan fingerprint density at radius 2 is 2.00 bits per heavy atom. The fourth-order valence-corrected chi connectivity index (χ4v) is 2.10. The third-order valence-electron chi connectivity index (χ3n) is 1.80. The van der Waals surface area contributed by atoms with E-state index in [0.29, 0.717) is 0 Å². The van der Waals surface area contributed by atoms with Gasteiger partial charge < -0.3 is 4.98 Å². The van der Waals surface area contributed by atoms with E-state index >= 15 is 0 Å². The molecule has 66 valence electrons. The molecule has 0 spiro atoms. The Kier molecular flexibility index (Phi) is 2.59. The van der Waals surface area contributed by atoms with Crippen LogP contribution >= 0.6 is 45.2 Å². The summed E-state index contributed by atoms with van der Waals surface area (Å²) in [5.74, 6) is 0. The maximum absolute atomic E-state index is 11.6. The molecular weight excluding hydrogens is 392 g/mol. The first-order chi connectivity index (χ1) is 6.18. The van der Waals surface area contributed by atoms with Gasteiger partial charge in [0.2, 0.25) is 5.43 Å². The highest BCUT2D eigenvalue weighted by atomic mass is 127. The Labute approximate surface area is 102 Å². The Balaban J connectivity index is 2.97. The molecule has 0 bridgehead atoms. The summed E-state index contributed by atoms with van der Waals surface area (Å²) < 4.78 is 1.81. The van der Waals surface area contributed by atoms with Crippen LogP contribution in [0.4, 0.5) is 0 Å². The lowest BCUT2D eigenvalue weighted by Gasteiger charge is -1.98. The van der Waals surface area contributed by atoms with Gasteiger partial charge in [-0.25, -0.2) is 0 Å². The smallest absolute Gasteiger partial charge is 0.202 e. The van der Waals surface area contributed by atoms with Gasteiger partial charge in [0.05, 0.1) is 3.57 Å². The molecule has 1 aromatic heterocycles. The van der Waals surface area contributed by atoms with Crippen LogP contribution in [0.2, 0.25) is 0 Å². The maximum atomic E-state index is 11.6. The van der Waals surface area contributed by atoms with Crippen LogP contribution in [0.25, 0.3) is 10.9 Å². The molecule has 2 aromatic rings. The van der Waals surface area contributed by atoms with Crippen LogP contribution < -0.4 is 5.43 Å². The molecule has 0 aliphatic carbocycles. The molecule has 0 saturated carbocycles. The van der Waals surface area contributed by atoms with Gasteiger partial charge >= 0.3 is 0 Å². The van der Waals surface area contributed by atoms with Crippen molar-refractivity contribution in [2.24, 2.45) is 0 Å². The number of rotatable bonds is 0. The fourth-order valence-electron chi connectivity index (χ4n) is 1.17. The Hall–Kier alpha value is -0.110. The van der Waals surface area contributed by atoms with Gasteiger partial charge in [-0.15, -0.1) is 0 Å². The summed E-state index contributed by atoms with van der Waals surface area (Å²) in [5.41, 5.74) is 0.999. The highest BCUT2D eigenvalue weighted by molar-refractivity contribution is 14.1. The lowest BCUT2D eigenvalue weighted by atomic mass is 10.2. The number of halogens is 2. The Bertz CT molecular complexity index is 513. The van der Waals surface area contributed by atoms with Crippen molar-refractivity contribution in [3.8, 4) is 0 Å². The minimum absolute atomic E-state index is 0.105. The number of aromatic nitrogens is 1. The van der Waals surface area contributed by atoms with Crippen molar-refractivity contribution in [1.29, 1.82) is 0 Å². The molecule has 1 aromatic carbocycles. The van der Waals surface area contributed by atoms with Gasteiger partial charge in [0.15, 0.2) is 0 Å². The number of nitrogens with one attached hydrogen (secondary N) is 1. The third kappa shape index (κ3) is 1.74. The Morgan fingerprint density at radius 3 is 2.77 bits per heavy atom. The van der Waals surface area contributed by atoms with E-state index in [4.69, 9.17) is 0 Å². The van der Waals surface area contributed by atoms with Crippen molar-refractivity contribution < 1.29 is 0 Å². The molecule has 0 saturated heterocycles. The van der Waals surface area contributed by atoms with Crippen molar-refractivity contribution in [1.82, 2.24) is 4.98 Å². The van der Waals surface area contributed by atoms with Crippen LogP contribution in [0.1, 0.15) is 0 Å². The van der Waals surface area contributed by atoms with Crippen LogP contribution in [0.15, 0.2) is 29.2 Å². The topological polar surface area (TPSA) is 32.9 Å². The molecule has 0 unspecified atom stereocenters. The number of hydrogen-bond acceptors (Lipinski definition) is 1. The second-order valence-electron chi connectivity index (χ2n) is 2.66. The number of benzene rings is 1. The summed E-state index contributed by atoms with van der Waals surface area (Å²) in [4.78, 5) is 14.7. The molecule has 2 nitrogen and oxygen atoms in total. The molecule has 4 heteroatoms. The minimum atomic E-state index is 0.105. The molecule has 0 aliphatic rings. The van der Waals surface area contributed by atoms with Gasteiger partial charge in [0.1, 0.15) is 0 Å². The van der Waals surface area contributed by atoms with Gasteiger partial charge in [-0.2, -0.15) is 0 Å². The van der Waals surface area contributed by atoms with E-state index in [0.717, 1.165) is 18.0 Å². The average Bonchev–Trinajstić information content (AvgIpc) is 2.12. The molecule has 2 rings (SSSR count). The predicted molar refractivity (Wildman–Crippen MR) is 70.0 cm³/mol. The summed E-state index contributed by atoms with van der Waals surface area (Å²) in [6, 6.07) is 5.80. The highest BCUT2D eigenvalue weighted by Crippen LogP contribution is 2.13. The minimum Gasteiger partial charge on any atom is -0.360 e. The molecule has 0 atom stereocenters. The molecule has 1 heterocycles. The zero-order valence-electron chi connectivity index (χ0n) is 6.47. The van der Waals surface area contributed by atoms with Crippen molar-refractivity contribution in [2.45, 2.75) is 0 Å². The normalized spacial score (nSPS) is 10.6. The van der Waals surface area contributed by atoms with Gasteiger partial charge in [0.25, 0.3) is 0 Å². The zero-order valence-corrected chi connectivity index (χ0v) is 10.8. The van der Waals surface area contributed by atoms with Gasteiger partial charge in [0, 0.05) is 20.7 Å². The van der Waals surface area contributed by atoms with E-state index in [1.807, 2.05) is 40.8 Å². The van der Waals surface area contributed by atoms with Gasteiger partial charge in [-0.05, 0) is 63.4 Å². The van der Waals surface area contributed by atoms with E-state index in [-0.39, 0.29) is 5.43 Å². The maximum Gasteiger partial charge on any atom is 0.202 e. The fraction of sp³-hybridized carbons (Fsp3) is 0. The molecule has 0 radical (unpaired) electrons. The van der Waals surface area contributed by atoms with E-state index < -0.39 is 0 Å². The van der Waals surface area contributed by atoms with E-state index in [1.54, 1.807) is 6.20 Å². The largest absolute Gasteiger partial charge is 0.360 e.